The number of hydrogen-bond acceptors (Lipinski definition) is 4. The first kappa shape index (κ1) is 13.1. The van der Waals surface area contributed by atoms with Gasteiger partial charge in [0, 0.05) is 0 Å². The molecule has 0 radical (unpaired) electrons. The van der Waals surface area contributed by atoms with E-state index in [1.165, 1.54) is 0 Å². The van der Waals surface area contributed by atoms with Gasteiger partial charge in [-0.05, 0) is 5.56 Å². The number of primary amides is 1. The highest BCUT2D eigenvalue weighted by Gasteiger charge is 2.21. The highest BCUT2D eigenvalue weighted by atomic mass is 16.3. The van der Waals surface area contributed by atoms with Gasteiger partial charge in [-0.1, -0.05) is 30.3 Å². The molecule has 92 valence electrons. The number of nitrogens with two attached hydrogens (primary N) is 2. The fourth-order valence-electron chi connectivity index (χ4n) is 1.28. The van der Waals surface area contributed by atoms with E-state index in [4.69, 9.17) is 16.6 Å². The zero-order chi connectivity index (χ0) is 12.8. The van der Waals surface area contributed by atoms with Crippen LogP contribution in [0.4, 0.5) is 0 Å². The number of benzene rings is 1. The number of carbonyl (C=O) groups excluding carboxylic acids is 2. The number of nitrogens with one attached hydrogen (secondary N) is 1. The first-order valence-electron chi connectivity index (χ1n) is 5.07. The fourth-order valence-corrected chi connectivity index (χ4v) is 1.28. The summed E-state index contributed by atoms with van der Waals surface area (Å²) in [4.78, 5) is 22.5. The van der Waals surface area contributed by atoms with Crippen molar-refractivity contribution >= 4 is 11.8 Å². The molecule has 0 aromatic heterocycles. The van der Waals surface area contributed by atoms with Crippen molar-refractivity contribution < 1.29 is 14.7 Å². The van der Waals surface area contributed by atoms with Gasteiger partial charge in [-0.15, -0.1) is 0 Å². The summed E-state index contributed by atoms with van der Waals surface area (Å²) in [6, 6.07) is 6.68. The molecule has 2 amide bonds. The maximum atomic E-state index is 11.7. The third-order valence-corrected chi connectivity index (χ3v) is 2.28. The second-order valence-electron chi connectivity index (χ2n) is 3.53. The number of amides is 2. The first-order valence-corrected chi connectivity index (χ1v) is 5.07. The molecule has 0 spiro atoms. The predicted molar refractivity (Wildman–Crippen MR) is 61.6 cm³/mol. The smallest absolute Gasteiger partial charge is 0.242 e. The van der Waals surface area contributed by atoms with Crippen LogP contribution in [0.5, 0.6) is 0 Å². The second-order valence-corrected chi connectivity index (χ2v) is 3.53. The molecule has 6 heteroatoms. The normalized spacial score (nSPS) is 13.8. The van der Waals surface area contributed by atoms with Gasteiger partial charge in [-0.3, -0.25) is 9.59 Å². The van der Waals surface area contributed by atoms with Crippen LogP contribution in [0.2, 0.25) is 0 Å². The van der Waals surface area contributed by atoms with Crippen LogP contribution in [-0.2, 0) is 9.59 Å². The minimum Gasteiger partial charge on any atom is -0.394 e. The van der Waals surface area contributed by atoms with E-state index < -0.39 is 30.5 Å². The lowest BCUT2D eigenvalue weighted by Gasteiger charge is -2.16. The summed E-state index contributed by atoms with van der Waals surface area (Å²) in [5, 5.41) is 11.1. The van der Waals surface area contributed by atoms with Crippen LogP contribution in [0.1, 0.15) is 11.6 Å². The standard InChI is InChI=1S/C11H15N3O3/c12-9(7-4-2-1-3-5-7)11(17)14-8(6-15)10(13)16/h1-5,8-9,15H,6,12H2,(H2,13,16)(H,14,17). The summed E-state index contributed by atoms with van der Waals surface area (Å²) in [6.45, 7) is -0.553. The number of aliphatic hydroxyl groups is 1. The van der Waals surface area contributed by atoms with Crippen molar-refractivity contribution in [1.82, 2.24) is 5.32 Å². The van der Waals surface area contributed by atoms with E-state index in [0.717, 1.165) is 0 Å². The van der Waals surface area contributed by atoms with E-state index in [2.05, 4.69) is 5.32 Å². The summed E-state index contributed by atoms with van der Waals surface area (Å²) in [7, 11) is 0. The Bertz CT molecular complexity index is 394. The molecule has 0 saturated heterocycles. The van der Waals surface area contributed by atoms with E-state index in [1.54, 1.807) is 30.3 Å². The van der Waals surface area contributed by atoms with E-state index >= 15 is 0 Å². The number of rotatable bonds is 5. The van der Waals surface area contributed by atoms with E-state index in [0.29, 0.717) is 5.56 Å². The van der Waals surface area contributed by atoms with Gasteiger partial charge in [-0.2, -0.15) is 0 Å². The van der Waals surface area contributed by atoms with Gasteiger partial charge < -0.3 is 21.9 Å². The molecule has 1 aromatic rings. The Morgan fingerprint density at radius 3 is 2.35 bits per heavy atom. The Morgan fingerprint density at radius 1 is 1.29 bits per heavy atom. The highest BCUT2D eigenvalue weighted by Crippen LogP contribution is 2.09. The zero-order valence-electron chi connectivity index (χ0n) is 9.17. The van der Waals surface area contributed by atoms with Gasteiger partial charge in [0.15, 0.2) is 0 Å². The minimum atomic E-state index is -1.11. The molecule has 2 atom stereocenters. The van der Waals surface area contributed by atoms with Crippen LogP contribution >= 0.6 is 0 Å². The van der Waals surface area contributed by atoms with Crippen molar-refractivity contribution in [3.8, 4) is 0 Å². The van der Waals surface area contributed by atoms with Gasteiger partial charge in [-0.25, -0.2) is 0 Å². The molecule has 1 rings (SSSR count). The Morgan fingerprint density at radius 2 is 1.88 bits per heavy atom. The summed E-state index contributed by atoms with van der Waals surface area (Å²) in [5.74, 6) is -1.37. The summed E-state index contributed by atoms with van der Waals surface area (Å²) >= 11 is 0. The van der Waals surface area contributed by atoms with Gasteiger partial charge in [0.2, 0.25) is 11.8 Å². The van der Waals surface area contributed by atoms with E-state index in [-0.39, 0.29) is 0 Å². The molecular weight excluding hydrogens is 222 g/mol. The van der Waals surface area contributed by atoms with E-state index in [1.807, 2.05) is 0 Å². The Labute approximate surface area is 98.6 Å². The van der Waals surface area contributed by atoms with Crippen LogP contribution in [-0.4, -0.2) is 29.6 Å². The van der Waals surface area contributed by atoms with Gasteiger partial charge in [0.05, 0.1) is 6.61 Å². The topological polar surface area (TPSA) is 118 Å². The van der Waals surface area contributed by atoms with Crippen molar-refractivity contribution in [3.63, 3.8) is 0 Å². The van der Waals surface area contributed by atoms with Crippen molar-refractivity contribution in [3.05, 3.63) is 35.9 Å². The van der Waals surface area contributed by atoms with Crippen molar-refractivity contribution in [2.24, 2.45) is 11.5 Å². The molecule has 1 aromatic carbocycles. The van der Waals surface area contributed by atoms with Crippen LogP contribution < -0.4 is 16.8 Å². The van der Waals surface area contributed by atoms with Crippen LogP contribution in [0.15, 0.2) is 30.3 Å². The lowest BCUT2D eigenvalue weighted by Crippen LogP contribution is -2.49. The maximum absolute atomic E-state index is 11.7. The molecule has 2 unspecified atom stereocenters. The Hall–Kier alpha value is -1.92. The van der Waals surface area contributed by atoms with Gasteiger partial charge in [0.1, 0.15) is 12.1 Å². The highest BCUT2D eigenvalue weighted by molar-refractivity contribution is 5.89. The predicted octanol–water partition coefficient (Wildman–Crippen LogP) is -1.35. The third-order valence-electron chi connectivity index (χ3n) is 2.28. The SMILES string of the molecule is NC(=O)C(CO)NC(=O)C(N)c1ccccc1. The number of hydrogen-bond donors (Lipinski definition) is 4. The van der Waals surface area contributed by atoms with Crippen LogP contribution in [0, 0.1) is 0 Å². The molecule has 0 aliphatic rings. The molecule has 17 heavy (non-hydrogen) atoms. The van der Waals surface area contributed by atoms with Gasteiger partial charge >= 0.3 is 0 Å². The number of aliphatic hydroxyl groups excluding tert-OH is 1. The van der Waals surface area contributed by atoms with E-state index in [9.17, 15) is 9.59 Å². The molecule has 0 aliphatic heterocycles. The Balaban J connectivity index is 2.68. The molecule has 6 N–H and O–H groups in total. The quantitative estimate of drug-likeness (QED) is 0.506. The molecule has 0 aliphatic carbocycles. The Kier molecular flexibility index (Phi) is 4.62. The first-order chi connectivity index (χ1) is 8.06. The average Bonchev–Trinajstić information content (AvgIpc) is 2.35. The molecule has 0 saturated carbocycles. The summed E-state index contributed by atoms with van der Waals surface area (Å²) in [5.41, 5.74) is 11.3. The van der Waals surface area contributed by atoms with Crippen LogP contribution in [0.3, 0.4) is 0 Å². The maximum Gasteiger partial charge on any atom is 0.242 e. The molecule has 6 nitrogen and oxygen atoms in total. The summed E-state index contributed by atoms with van der Waals surface area (Å²) < 4.78 is 0. The lowest BCUT2D eigenvalue weighted by molar-refractivity contribution is -0.129. The molecular formula is C11H15N3O3. The third kappa shape index (κ3) is 3.54. The average molecular weight is 237 g/mol. The molecule has 0 fully saturated rings. The lowest BCUT2D eigenvalue weighted by atomic mass is 10.1. The van der Waals surface area contributed by atoms with Crippen molar-refractivity contribution in [1.29, 1.82) is 0 Å². The minimum absolute atomic E-state index is 0.553. The number of carbonyl (C=O) groups is 2. The van der Waals surface area contributed by atoms with Crippen molar-refractivity contribution in [2.45, 2.75) is 12.1 Å². The van der Waals surface area contributed by atoms with Crippen molar-refractivity contribution in [2.75, 3.05) is 6.61 Å². The molecule has 0 bridgehead atoms. The second kappa shape index (κ2) is 5.97. The monoisotopic (exact) mass is 237 g/mol. The summed E-state index contributed by atoms with van der Waals surface area (Å²) in [6.07, 6.45) is 0. The largest absolute Gasteiger partial charge is 0.394 e. The fraction of sp³-hybridized carbons (Fsp3) is 0.273. The van der Waals surface area contributed by atoms with Gasteiger partial charge in [0.25, 0.3) is 0 Å². The zero-order valence-corrected chi connectivity index (χ0v) is 9.17. The molecule has 0 heterocycles. The van der Waals surface area contributed by atoms with Crippen LogP contribution in [0.25, 0.3) is 0 Å².